The van der Waals surface area contributed by atoms with Gasteiger partial charge >= 0.3 is 57.1 Å². The van der Waals surface area contributed by atoms with Gasteiger partial charge in [0.1, 0.15) is 0 Å². The van der Waals surface area contributed by atoms with Crippen molar-refractivity contribution >= 4 is 15.1 Å². The van der Waals surface area contributed by atoms with Crippen LogP contribution >= 0.6 is 0 Å². The molecule has 0 saturated heterocycles. The predicted molar refractivity (Wildman–Crippen MR) is 59.5 cm³/mol. The molecule has 5 nitrogen and oxygen atoms in total. The summed E-state index contributed by atoms with van der Waals surface area (Å²) in [5, 5.41) is 0. The maximum Gasteiger partial charge on any atom is 1.00 e. The number of methoxy groups -OCH3 is 2. The molecule has 128 valence electrons. The Hall–Kier alpha value is 0.912. The molecule has 13 heteroatoms. The van der Waals surface area contributed by atoms with Gasteiger partial charge in [-0.25, -0.2) is 0 Å². The monoisotopic (exact) mass is 368 g/mol. The van der Waals surface area contributed by atoms with Crippen molar-refractivity contribution in [2.24, 2.45) is 0 Å². The molecular weight excluding hydrogens is 352 g/mol. The minimum atomic E-state index is -5.61. The fourth-order valence-electron chi connectivity index (χ4n) is 1.03. The Morgan fingerprint density at radius 1 is 0.818 bits per heavy atom. The molecule has 0 aliphatic carbocycles. The van der Waals surface area contributed by atoms with Crippen molar-refractivity contribution in [3.8, 4) is 0 Å². The number of halogens is 6. The standard InChI is InChI=1S/C3HF6O.2C3H7O2.Al.Na.H/c4-2(5,6)1(10)3(7,8)9;2*1-5-3-2-4;;;/h1H;2*2-3H2,1H3;;;/q3*-1;+3;+1;-1. The fourth-order valence-corrected chi connectivity index (χ4v) is 2.39. The van der Waals surface area contributed by atoms with E-state index in [-0.39, 0.29) is 57.4 Å². The molecule has 0 aromatic carbocycles. The van der Waals surface area contributed by atoms with Crippen LogP contribution in [0.4, 0.5) is 26.3 Å². The van der Waals surface area contributed by atoms with E-state index >= 15 is 0 Å². The maximum atomic E-state index is 12.4. The summed E-state index contributed by atoms with van der Waals surface area (Å²) < 4.78 is 96.9. The molecule has 0 amide bonds. The molecule has 0 aromatic rings. The fraction of sp³-hybridized carbons (Fsp3) is 1.00. The molecule has 22 heavy (non-hydrogen) atoms. The molecule has 0 radical (unpaired) electrons. The second kappa shape index (κ2) is 12.3. The molecule has 0 aliphatic rings. The Morgan fingerprint density at radius 3 is 1.45 bits per heavy atom. The molecular formula is C9H16AlF6NaO5. The molecule has 0 heterocycles. The van der Waals surface area contributed by atoms with E-state index < -0.39 is 33.6 Å². The summed E-state index contributed by atoms with van der Waals surface area (Å²) in [6.45, 7) is -0.544. The van der Waals surface area contributed by atoms with Gasteiger partial charge < -0.3 is 22.3 Å². The van der Waals surface area contributed by atoms with Gasteiger partial charge in [0, 0.05) is 27.4 Å². The molecule has 0 aromatic heterocycles. The van der Waals surface area contributed by atoms with Gasteiger partial charge in [-0.3, -0.25) is 0 Å². The number of rotatable bonds is 10. The molecule has 0 fully saturated rings. The van der Waals surface area contributed by atoms with E-state index in [1.165, 1.54) is 14.2 Å². The predicted octanol–water partition coefficient (Wildman–Crippen LogP) is -1.08. The third-order valence-corrected chi connectivity index (χ3v) is 3.43. The largest absolute Gasteiger partial charge is 1.00 e. The molecule has 0 rings (SSSR count). The van der Waals surface area contributed by atoms with Gasteiger partial charge in [-0.05, 0) is 0 Å². The molecule has 0 aliphatic heterocycles. The number of hydrogen-bond donors (Lipinski definition) is 0. The zero-order valence-corrected chi connectivity index (χ0v) is 15.4. The summed E-state index contributed by atoms with van der Waals surface area (Å²) in [7, 11) is 2.58. The van der Waals surface area contributed by atoms with E-state index in [1.807, 2.05) is 0 Å². The van der Waals surface area contributed by atoms with Crippen LogP contribution < -0.4 is 29.6 Å². The summed E-state index contributed by atoms with van der Waals surface area (Å²) >= 11 is -3.65. The van der Waals surface area contributed by atoms with Crippen LogP contribution in [0, 0.1) is 0 Å². The third-order valence-electron chi connectivity index (χ3n) is 1.92. The van der Waals surface area contributed by atoms with Crippen molar-refractivity contribution in [1.29, 1.82) is 0 Å². The Balaban J connectivity index is -0.00000200. The second-order valence-electron chi connectivity index (χ2n) is 3.62. The van der Waals surface area contributed by atoms with Crippen LogP contribution in [0.1, 0.15) is 1.43 Å². The summed E-state index contributed by atoms with van der Waals surface area (Å²) in [4.78, 5) is 0. The van der Waals surface area contributed by atoms with Crippen molar-refractivity contribution in [2.75, 3.05) is 40.6 Å². The van der Waals surface area contributed by atoms with Crippen LogP contribution in [0.15, 0.2) is 0 Å². The van der Waals surface area contributed by atoms with Crippen LogP contribution in [-0.2, 0) is 20.8 Å². The number of hydrogen-bond acceptors (Lipinski definition) is 5. The average molecular weight is 368 g/mol. The first kappa shape index (κ1) is 25.2. The Kier molecular flexibility index (Phi) is 14.1. The van der Waals surface area contributed by atoms with Crippen molar-refractivity contribution in [3.05, 3.63) is 0 Å². The summed E-state index contributed by atoms with van der Waals surface area (Å²) in [5.74, 6) is 0. The topological polar surface area (TPSA) is 46.2 Å². The minimum absolute atomic E-state index is 0. The van der Waals surface area contributed by atoms with Gasteiger partial charge in [0.15, 0.2) is 0 Å². The van der Waals surface area contributed by atoms with Gasteiger partial charge in [0.05, 0.1) is 13.2 Å². The van der Waals surface area contributed by atoms with Gasteiger partial charge in [-0.2, -0.15) is 26.3 Å². The first-order valence-corrected chi connectivity index (χ1v) is 7.04. The van der Waals surface area contributed by atoms with Crippen molar-refractivity contribution < 1.29 is 78.2 Å². The van der Waals surface area contributed by atoms with Gasteiger partial charge in [-0.1, -0.05) is 0 Å². The molecule has 0 spiro atoms. The Morgan fingerprint density at radius 2 is 1.18 bits per heavy atom. The number of ether oxygens (including phenoxy) is 2. The van der Waals surface area contributed by atoms with Gasteiger partial charge in [-0.15, -0.1) is 0 Å². The Labute approximate surface area is 152 Å². The quantitative estimate of drug-likeness (QED) is 0.279. The van der Waals surface area contributed by atoms with E-state index in [0.29, 0.717) is 0 Å². The average Bonchev–Trinajstić information content (AvgIpc) is 2.32. The van der Waals surface area contributed by atoms with E-state index in [9.17, 15) is 26.3 Å². The first-order chi connectivity index (χ1) is 9.62. The summed E-state index contributed by atoms with van der Waals surface area (Å²) in [5.41, 5.74) is 0. The summed E-state index contributed by atoms with van der Waals surface area (Å²) in [6.07, 6.45) is -15.2. The first-order valence-electron chi connectivity index (χ1n) is 5.63. The third kappa shape index (κ3) is 11.4. The van der Waals surface area contributed by atoms with Crippen LogP contribution in [0.3, 0.4) is 0 Å². The van der Waals surface area contributed by atoms with Crippen molar-refractivity contribution in [1.82, 2.24) is 0 Å². The smallest absolute Gasteiger partial charge is 1.00 e. The van der Waals surface area contributed by atoms with Gasteiger partial charge in [0.25, 0.3) is 0 Å². The minimum Gasteiger partial charge on any atom is -1.00 e. The van der Waals surface area contributed by atoms with E-state index in [2.05, 4.69) is 13.3 Å². The summed E-state index contributed by atoms with van der Waals surface area (Å²) in [6, 6.07) is 0. The SMILES string of the molecule is COCC[O][Al]([O]CCOC)[O]C(C(F)(F)F)C(F)(F)F.[H-].[Na+]. The molecule has 0 saturated carbocycles. The normalized spacial score (nSPS) is 12.4. The second-order valence-corrected chi connectivity index (χ2v) is 5.13. The van der Waals surface area contributed by atoms with Crippen LogP contribution in [0.25, 0.3) is 0 Å². The Bertz CT molecular complexity index is 262. The molecule has 0 bridgehead atoms. The zero-order chi connectivity index (χ0) is 16.5. The van der Waals surface area contributed by atoms with E-state index in [4.69, 9.17) is 7.58 Å². The van der Waals surface area contributed by atoms with Gasteiger partial charge in [0.2, 0.25) is 6.10 Å². The van der Waals surface area contributed by atoms with Crippen molar-refractivity contribution in [3.63, 3.8) is 0 Å². The van der Waals surface area contributed by atoms with Crippen molar-refractivity contribution in [2.45, 2.75) is 18.5 Å². The van der Waals surface area contributed by atoms with Crippen LogP contribution in [0.2, 0.25) is 0 Å². The van der Waals surface area contributed by atoms with E-state index in [0.717, 1.165) is 0 Å². The van der Waals surface area contributed by atoms with Crippen LogP contribution in [0.5, 0.6) is 0 Å². The molecule has 0 unspecified atom stereocenters. The molecule has 0 N–H and O–H groups in total. The molecule has 0 atom stereocenters. The van der Waals surface area contributed by atoms with Crippen LogP contribution in [-0.4, -0.2) is 74.3 Å². The maximum absolute atomic E-state index is 12.4. The number of alkyl halides is 6. The van der Waals surface area contributed by atoms with E-state index in [1.54, 1.807) is 0 Å². The zero-order valence-electron chi connectivity index (χ0n) is 13.3.